The normalized spacial score (nSPS) is 19.1. The summed E-state index contributed by atoms with van der Waals surface area (Å²) in [5, 5.41) is 10.6. The molecule has 2 unspecified atom stereocenters. The van der Waals surface area contributed by atoms with Crippen molar-refractivity contribution in [1.29, 1.82) is 0 Å². The second kappa shape index (κ2) is 7.92. The Bertz CT molecular complexity index is 412. The van der Waals surface area contributed by atoms with Gasteiger partial charge in [-0.2, -0.15) is 0 Å². The van der Waals surface area contributed by atoms with Crippen LogP contribution in [0.3, 0.4) is 0 Å². The number of aryl methyl sites for hydroxylation is 1. The molecule has 0 saturated carbocycles. The molecule has 1 aliphatic rings. The largest absolute Gasteiger partial charge is 0.387 e. The second-order valence-electron chi connectivity index (χ2n) is 6.31. The van der Waals surface area contributed by atoms with E-state index in [2.05, 4.69) is 55.0 Å². The highest BCUT2D eigenvalue weighted by molar-refractivity contribution is 5.24. The van der Waals surface area contributed by atoms with Crippen LogP contribution in [0.15, 0.2) is 24.3 Å². The van der Waals surface area contributed by atoms with E-state index in [1.54, 1.807) is 0 Å². The van der Waals surface area contributed by atoms with Crippen molar-refractivity contribution in [2.24, 2.45) is 0 Å². The molecule has 0 radical (unpaired) electrons. The summed E-state index contributed by atoms with van der Waals surface area (Å²) < 4.78 is 0. The van der Waals surface area contributed by atoms with Crippen molar-refractivity contribution in [3.8, 4) is 0 Å². The van der Waals surface area contributed by atoms with Crippen molar-refractivity contribution in [3.05, 3.63) is 35.4 Å². The predicted molar refractivity (Wildman–Crippen MR) is 88.5 cm³/mol. The summed E-state index contributed by atoms with van der Waals surface area (Å²) in [7, 11) is 2.12. The first-order valence-corrected chi connectivity index (χ1v) is 8.31. The molecule has 3 heteroatoms. The van der Waals surface area contributed by atoms with Gasteiger partial charge in [0, 0.05) is 19.1 Å². The van der Waals surface area contributed by atoms with Gasteiger partial charge in [0.25, 0.3) is 0 Å². The summed E-state index contributed by atoms with van der Waals surface area (Å²) >= 11 is 0. The molecule has 3 nitrogen and oxygen atoms in total. The van der Waals surface area contributed by atoms with E-state index in [0.29, 0.717) is 0 Å². The highest BCUT2D eigenvalue weighted by atomic mass is 16.3. The molecule has 1 aromatic carbocycles. The lowest BCUT2D eigenvalue weighted by atomic mass is 10.0. The minimum absolute atomic E-state index is 0.139. The van der Waals surface area contributed by atoms with E-state index < -0.39 is 6.10 Å². The molecule has 1 N–H and O–H groups in total. The molecule has 1 saturated heterocycles. The number of hydrogen-bond acceptors (Lipinski definition) is 3. The van der Waals surface area contributed by atoms with E-state index in [4.69, 9.17) is 0 Å². The van der Waals surface area contributed by atoms with Gasteiger partial charge in [0.05, 0.1) is 6.10 Å². The molecule has 0 spiro atoms. The summed E-state index contributed by atoms with van der Waals surface area (Å²) in [6.45, 7) is 8.88. The van der Waals surface area contributed by atoms with E-state index in [-0.39, 0.29) is 6.04 Å². The SMILES string of the molecule is CCc1ccc(C(O)C(C)N(C)CCN2CCCC2)cc1. The number of aliphatic hydroxyl groups is 1. The molecule has 0 bridgehead atoms. The van der Waals surface area contributed by atoms with Crippen LogP contribution in [0.2, 0.25) is 0 Å². The quantitative estimate of drug-likeness (QED) is 0.836. The minimum Gasteiger partial charge on any atom is -0.387 e. The van der Waals surface area contributed by atoms with Gasteiger partial charge in [-0.15, -0.1) is 0 Å². The highest BCUT2D eigenvalue weighted by Gasteiger charge is 2.21. The Labute approximate surface area is 129 Å². The molecule has 0 amide bonds. The number of rotatable bonds is 7. The maximum Gasteiger partial charge on any atom is 0.0942 e. The molecule has 2 rings (SSSR count). The lowest BCUT2D eigenvalue weighted by Gasteiger charge is -2.30. The van der Waals surface area contributed by atoms with Crippen molar-refractivity contribution in [1.82, 2.24) is 9.80 Å². The lowest BCUT2D eigenvalue weighted by Crippen LogP contribution is -2.39. The third-order valence-electron chi connectivity index (χ3n) is 4.85. The Morgan fingerprint density at radius 1 is 1.19 bits per heavy atom. The fourth-order valence-corrected chi connectivity index (χ4v) is 2.98. The summed E-state index contributed by atoms with van der Waals surface area (Å²) in [6.07, 6.45) is 3.30. The van der Waals surface area contributed by atoms with Crippen molar-refractivity contribution in [2.75, 3.05) is 33.2 Å². The highest BCUT2D eigenvalue weighted by Crippen LogP contribution is 2.21. The fourth-order valence-electron chi connectivity index (χ4n) is 2.98. The average molecular weight is 290 g/mol. The lowest BCUT2D eigenvalue weighted by molar-refractivity contribution is 0.0680. The number of hydrogen-bond donors (Lipinski definition) is 1. The summed E-state index contributed by atoms with van der Waals surface area (Å²) in [5.41, 5.74) is 2.34. The minimum atomic E-state index is -0.417. The monoisotopic (exact) mass is 290 g/mol. The van der Waals surface area contributed by atoms with Crippen molar-refractivity contribution in [3.63, 3.8) is 0 Å². The van der Waals surface area contributed by atoms with Crippen LogP contribution in [0.4, 0.5) is 0 Å². The third kappa shape index (κ3) is 4.53. The molecule has 1 aromatic rings. The molecule has 2 atom stereocenters. The molecule has 0 aromatic heterocycles. The summed E-state index contributed by atoms with van der Waals surface area (Å²) in [6, 6.07) is 8.51. The molecule has 0 aliphatic carbocycles. The molecule has 1 heterocycles. The Kier molecular flexibility index (Phi) is 6.22. The topological polar surface area (TPSA) is 26.7 Å². The first-order valence-electron chi connectivity index (χ1n) is 8.31. The van der Waals surface area contributed by atoms with Crippen LogP contribution >= 0.6 is 0 Å². The summed E-state index contributed by atoms with van der Waals surface area (Å²) in [5.74, 6) is 0. The van der Waals surface area contributed by atoms with Crippen molar-refractivity contribution < 1.29 is 5.11 Å². The van der Waals surface area contributed by atoms with Gasteiger partial charge in [-0.25, -0.2) is 0 Å². The maximum atomic E-state index is 10.6. The van der Waals surface area contributed by atoms with Crippen molar-refractivity contribution >= 4 is 0 Å². The van der Waals surface area contributed by atoms with Crippen LogP contribution in [0.5, 0.6) is 0 Å². The third-order valence-corrected chi connectivity index (χ3v) is 4.85. The predicted octanol–water partition coefficient (Wildman–Crippen LogP) is 2.70. The molecule has 1 aliphatic heterocycles. The number of benzene rings is 1. The van der Waals surface area contributed by atoms with Crippen LogP contribution < -0.4 is 0 Å². The van der Waals surface area contributed by atoms with Gasteiger partial charge >= 0.3 is 0 Å². The first-order chi connectivity index (χ1) is 10.1. The standard InChI is InChI=1S/C18H30N2O/c1-4-16-7-9-17(10-8-16)18(21)15(2)19(3)13-14-20-11-5-6-12-20/h7-10,15,18,21H,4-6,11-14H2,1-3H3. The Balaban J connectivity index is 1.85. The number of nitrogens with zero attached hydrogens (tertiary/aromatic N) is 2. The van der Waals surface area contributed by atoms with Crippen molar-refractivity contribution in [2.45, 2.75) is 45.3 Å². The second-order valence-corrected chi connectivity index (χ2v) is 6.31. The van der Waals surface area contributed by atoms with Gasteiger partial charge < -0.3 is 10.0 Å². The van der Waals surface area contributed by atoms with E-state index >= 15 is 0 Å². The number of aliphatic hydroxyl groups excluding tert-OH is 1. The van der Waals surface area contributed by atoms with Crippen LogP contribution in [0.25, 0.3) is 0 Å². The molecular formula is C18H30N2O. The molecule has 21 heavy (non-hydrogen) atoms. The van der Waals surface area contributed by atoms with Gasteiger partial charge in [0.2, 0.25) is 0 Å². The Hall–Kier alpha value is -0.900. The summed E-state index contributed by atoms with van der Waals surface area (Å²) in [4.78, 5) is 4.79. The van der Waals surface area contributed by atoms with E-state index in [1.165, 1.54) is 31.5 Å². The molecule has 1 fully saturated rings. The molecule has 118 valence electrons. The van der Waals surface area contributed by atoms with Gasteiger partial charge in [0.15, 0.2) is 0 Å². The zero-order valence-electron chi connectivity index (χ0n) is 13.8. The Morgan fingerprint density at radius 3 is 2.38 bits per heavy atom. The average Bonchev–Trinajstić information content (AvgIpc) is 3.04. The maximum absolute atomic E-state index is 10.6. The van der Waals surface area contributed by atoms with Crippen LogP contribution in [0, 0.1) is 0 Å². The van der Waals surface area contributed by atoms with Gasteiger partial charge in [0.1, 0.15) is 0 Å². The van der Waals surface area contributed by atoms with Gasteiger partial charge in [-0.3, -0.25) is 4.90 Å². The number of likely N-dealkylation sites (tertiary alicyclic amines) is 1. The van der Waals surface area contributed by atoms with Crippen LogP contribution in [-0.2, 0) is 6.42 Å². The molecular weight excluding hydrogens is 260 g/mol. The van der Waals surface area contributed by atoms with Crippen LogP contribution in [0.1, 0.15) is 43.9 Å². The first kappa shape index (κ1) is 16.5. The van der Waals surface area contributed by atoms with Crippen LogP contribution in [-0.4, -0.2) is 54.2 Å². The zero-order chi connectivity index (χ0) is 15.2. The van der Waals surface area contributed by atoms with Gasteiger partial charge in [-0.1, -0.05) is 31.2 Å². The fraction of sp³-hybridized carbons (Fsp3) is 0.667. The zero-order valence-corrected chi connectivity index (χ0v) is 13.8. The van der Waals surface area contributed by atoms with E-state index in [9.17, 15) is 5.11 Å². The number of likely N-dealkylation sites (N-methyl/N-ethyl adjacent to an activating group) is 1. The van der Waals surface area contributed by atoms with Gasteiger partial charge in [-0.05, 0) is 57.5 Å². The van der Waals surface area contributed by atoms with E-state index in [1.807, 2.05) is 0 Å². The smallest absolute Gasteiger partial charge is 0.0942 e. The Morgan fingerprint density at radius 2 is 1.81 bits per heavy atom. The van der Waals surface area contributed by atoms with E-state index in [0.717, 1.165) is 25.1 Å².